The van der Waals surface area contributed by atoms with E-state index in [1.165, 1.54) is 4.68 Å². The first-order chi connectivity index (χ1) is 12.4. The minimum Gasteiger partial charge on any atom is -0.454 e. The number of amides is 1. The van der Waals surface area contributed by atoms with Crippen molar-refractivity contribution in [2.24, 2.45) is 0 Å². The molecule has 0 unspecified atom stereocenters. The summed E-state index contributed by atoms with van der Waals surface area (Å²) in [6.45, 7) is 6.08. The molecule has 0 spiro atoms. The molecule has 140 valence electrons. The van der Waals surface area contributed by atoms with Crippen LogP contribution in [0.4, 0.5) is 5.69 Å². The molecule has 0 aliphatic carbocycles. The third kappa shape index (κ3) is 3.62. The van der Waals surface area contributed by atoms with E-state index in [1.807, 2.05) is 6.92 Å². The average molecular weight is 362 g/mol. The van der Waals surface area contributed by atoms with Gasteiger partial charge in [-0.2, -0.15) is 5.10 Å². The molecule has 1 aliphatic rings. The van der Waals surface area contributed by atoms with Crippen molar-refractivity contribution in [2.75, 3.05) is 6.61 Å². The Morgan fingerprint density at radius 2 is 2.27 bits per heavy atom. The molecule has 0 radical (unpaired) electrons. The van der Waals surface area contributed by atoms with Crippen molar-refractivity contribution in [1.29, 1.82) is 0 Å². The Balaban J connectivity index is 1.67. The zero-order valence-electron chi connectivity index (χ0n) is 15.0. The second kappa shape index (κ2) is 7.28. The molecule has 0 aromatic carbocycles. The van der Waals surface area contributed by atoms with Gasteiger partial charge in [-0.05, 0) is 45.7 Å². The number of nitrogens with zero attached hydrogens (tertiary/aromatic N) is 3. The first-order valence-corrected chi connectivity index (χ1v) is 8.56. The van der Waals surface area contributed by atoms with Crippen molar-refractivity contribution in [3.8, 4) is 0 Å². The van der Waals surface area contributed by atoms with Crippen LogP contribution in [0.2, 0.25) is 0 Å². The van der Waals surface area contributed by atoms with Crippen molar-refractivity contribution in [2.45, 2.75) is 52.3 Å². The first-order valence-electron chi connectivity index (χ1n) is 8.56. The van der Waals surface area contributed by atoms with Crippen molar-refractivity contribution >= 4 is 11.6 Å². The number of ether oxygens (including phenoxy) is 1. The van der Waals surface area contributed by atoms with E-state index < -0.39 is 4.92 Å². The minimum absolute atomic E-state index is 0.0000824. The Hall–Kier alpha value is -2.68. The molecule has 9 nitrogen and oxygen atoms in total. The maximum absolute atomic E-state index is 12.3. The molecule has 1 amide bonds. The van der Waals surface area contributed by atoms with Gasteiger partial charge in [0.15, 0.2) is 5.76 Å². The molecule has 1 saturated heterocycles. The van der Waals surface area contributed by atoms with Crippen LogP contribution in [0.5, 0.6) is 0 Å². The Labute approximate surface area is 150 Å². The van der Waals surface area contributed by atoms with Gasteiger partial charge >= 0.3 is 5.69 Å². The summed E-state index contributed by atoms with van der Waals surface area (Å²) < 4.78 is 12.7. The predicted molar refractivity (Wildman–Crippen MR) is 92.1 cm³/mol. The van der Waals surface area contributed by atoms with Gasteiger partial charge in [-0.1, -0.05) is 0 Å². The number of furan rings is 1. The number of rotatable bonds is 6. The summed E-state index contributed by atoms with van der Waals surface area (Å²) in [4.78, 5) is 23.0. The Morgan fingerprint density at radius 1 is 1.50 bits per heavy atom. The predicted octanol–water partition coefficient (Wildman–Crippen LogP) is 2.35. The van der Waals surface area contributed by atoms with Gasteiger partial charge in [-0.3, -0.25) is 19.6 Å². The maximum atomic E-state index is 12.3. The Morgan fingerprint density at radius 3 is 2.88 bits per heavy atom. The molecule has 0 saturated carbocycles. The topological polar surface area (TPSA) is 112 Å². The quantitative estimate of drug-likeness (QED) is 0.623. The van der Waals surface area contributed by atoms with Crippen LogP contribution in [0.1, 0.15) is 47.5 Å². The zero-order chi connectivity index (χ0) is 18.8. The highest BCUT2D eigenvalue weighted by Gasteiger charge is 2.25. The van der Waals surface area contributed by atoms with Crippen LogP contribution in [-0.4, -0.2) is 39.4 Å². The summed E-state index contributed by atoms with van der Waals surface area (Å²) in [5.74, 6) is 0.389. The van der Waals surface area contributed by atoms with E-state index in [1.54, 1.807) is 26.0 Å². The number of aryl methyl sites for hydroxylation is 1. The van der Waals surface area contributed by atoms with Crippen molar-refractivity contribution < 1.29 is 18.9 Å². The fraction of sp³-hybridized carbons (Fsp3) is 0.529. The van der Waals surface area contributed by atoms with E-state index in [-0.39, 0.29) is 36.0 Å². The van der Waals surface area contributed by atoms with E-state index in [9.17, 15) is 14.9 Å². The van der Waals surface area contributed by atoms with Gasteiger partial charge in [0.25, 0.3) is 5.91 Å². The molecule has 0 bridgehead atoms. The molecule has 2 atom stereocenters. The van der Waals surface area contributed by atoms with Crippen LogP contribution in [-0.2, 0) is 11.3 Å². The molecular formula is C17H22N4O5. The summed E-state index contributed by atoms with van der Waals surface area (Å²) >= 11 is 0. The average Bonchev–Trinajstić information content (AvgIpc) is 3.29. The van der Waals surface area contributed by atoms with Crippen molar-refractivity contribution in [3.63, 3.8) is 0 Å². The number of nitro groups is 1. The standard InChI is InChI=1S/C17H22N4O5/c1-10(14-5-4-8-25-14)18-17(22)15-7-6-13(26-15)9-20-12(3)16(21(23)24)11(2)19-20/h6-7,10,14H,4-5,8-9H2,1-3H3,(H,18,22)/t10-,14-/m1/s1. The molecule has 1 fully saturated rings. The molecule has 3 rings (SSSR count). The lowest BCUT2D eigenvalue weighted by Crippen LogP contribution is -2.40. The molecule has 1 aliphatic heterocycles. The van der Waals surface area contributed by atoms with Crippen LogP contribution >= 0.6 is 0 Å². The van der Waals surface area contributed by atoms with Gasteiger partial charge in [-0.15, -0.1) is 0 Å². The van der Waals surface area contributed by atoms with Crippen LogP contribution in [0.25, 0.3) is 0 Å². The van der Waals surface area contributed by atoms with Gasteiger partial charge in [0.05, 0.1) is 23.6 Å². The first kappa shape index (κ1) is 18.1. The number of carbonyl (C=O) groups is 1. The molecule has 26 heavy (non-hydrogen) atoms. The van der Waals surface area contributed by atoms with Crippen LogP contribution in [0.15, 0.2) is 16.5 Å². The van der Waals surface area contributed by atoms with E-state index >= 15 is 0 Å². The van der Waals surface area contributed by atoms with Gasteiger partial charge in [0.1, 0.15) is 17.1 Å². The highest BCUT2D eigenvalue weighted by atomic mass is 16.6. The number of hydrogen-bond acceptors (Lipinski definition) is 6. The summed E-state index contributed by atoms with van der Waals surface area (Å²) in [5, 5.41) is 18.1. The summed E-state index contributed by atoms with van der Waals surface area (Å²) in [6, 6.07) is 3.17. The zero-order valence-corrected chi connectivity index (χ0v) is 15.0. The fourth-order valence-corrected chi connectivity index (χ4v) is 3.21. The highest BCUT2D eigenvalue weighted by molar-refractivity contribution is 5.91. The van der Waals surface area contributed by atoms with Gasteiger partial charge in [0.2, 0.25) is 0 Å². The minimum atomic E-state index is -0.443. The lowest BCUT2D eigenvalue weighted by molar-refractivity contribution is -0.386. The summed E-state index contributed by atoms with van der Waals surface area (Å²) in [5.41, 5.74) is 0.796. The summed E-state index contributed by atoms with van der Waals surface area (Å²) in [7, 11) is 0. The van der Waals surface area contributed by atoms with Crippen LogP contribution in [0, 0.1) is 24.0 Å². The number of aromatic nitrogens is 2. The van der Waals surface area contributed by atoms with E-state index in [0.717, 1.165) is 19.4 Å². The SMILES string of the molecule is Cc1nn(Cc2ccc(C(=O)N[C@H](C)[C@H]3CCCO3)o2)c(C)c1[N+](=O)[O-]. The van der Waals surface area contributed by atoms with Crippen LogP contribution in [0.3, 0.4) is 0 Å². The monoisotopic (exact) mass is 362 g/mol. The summed E-state index contributed by atoms with van der Waals surface area (Å²) in [6.07, 6.45) is 1.97. The molecule has 2 aromatic heterocycles. The maximum Gasteiger partial charge on any atom is 0.312 e. The fourth-order valence-electron chi connectivity index (χ4n) is 3.21. The van der Waals surface area contributed by atoms with Crippen molar-refractivity contribution in [1.82, 2.24) is 15.1 Å². The van der Waals surface area contributed by atoms with Crippen LogP contribution < -0.4 is 5.32 Å². The lowest BCUT2D eigenvalue weighted by atomic mass is 10.1. The van der Waals surface area contributed by atoms with E-state index in [2.05, 4.69) is 10.4 Å². The van der Waals surface area contributed by atoms with E-state index in [0.29, 0.717) is 17.1 Å². The largest absolute Gasteiger partial charge is 0.454 e. The smallest absolute Gasteiger partial charge is 0.312 e. The second-order valence-electron chi connectivity index (χ2n) is 6.51. The third-order valence-corrected chi connectivity index (χ3v) is 4.60. The van der Waals surface area contributed by atoms with Crippen molar-refractivity contribution in [3.05, 3.63) is 45.2 Å². The number of hydrogen-bond donors (Lipinski definition) is 1. The molecule has 9 heteroatoms. The van der Waals surface area contributed by atoms with Gasteiger partial charge in [0, 0.05) is 6.61 Å². The number of carbonyl (C=O) groups excluding carboxylic acids is 1. The highest BCUT2D eigenvalue weighted by Crippen LogP contribution is 2.23. The lowest BCUT2D eigenvalue weighted by Gasteiger charge is -2.19. The van der Waals surface area contributed by atoms with Gasteiger partial charge in [-0.25, -0.2) is 0 Å². The van der Waals surface area contributed by atoms with E-state index in [4.69, 9.17) is 9.15 Å². The number of nitrogens with one attached hydrogen (secondary N) is 1. The normalized spacial score (nSPS) is 18.0. The molecular weight excluding hydrogens is 340 g/mol. The molecule has 1 N–H and O–H groups in total. The second-order valence-corrected chi connectivity index (χ2v) is 6.51. The third-order valence-electron chi connectivity index (χ3n) is 4.60. The Bertz CT molecular complexity index is 819. The van der Waals surface area contributed by atoms with Gasteiger partial charge < -0.3 is 14.5 Å². The molecule has 3 heterocycles. The molecule has 2 aromatic rings. The Kier molecular flexibility index (Phi) is 5.08.